The second-order valence-corrected chi connectivity index (χ2v) is 8.37. The first-order chi connectivity index (χ1) is 17.1. The molecule has 0 aliphatic rings. The Morgan fingerprint density at radius 2 is 1.81 bits per heavy atom. The molecule has 0 fully saturated rings. The number of anilines is 1. The average Bonchev–Trinajstić information content (AvgIpc) is 2.82. The highest BCUT2D eigenvalue weighted by molar-refractivity contribution is 6.28. The first-order valence-electron chi connectivity index (χ1n) is 10.7. The zero-order valence-corrected chi connectivity index (χ0v) is 19.3. The van der Waals surface area contributed by atoms with Gasteiger partial charge in [-0.3, -0.25) is 14.3 Å². The Bertz CT molecular complexity index is 1690. The van der Waals surface area contributed by atoms with Gasteiger partial charge in [-0.1, -0.05) is 18.2 Å². The first-order valence-corrected chi connectivity index (χ1v) is 11.1. The van der Waals surface area contributed by atoms with E-state index < -0.39 is 34.5 Å². The van der Waals surface area contributed by atoms with Gasteiger partial charge in [0.05, 0.1) is 28.2 Å². The molecule has 3 aromatic heterocycles. The number of halogens is 5. The molecule has 5 aromatic rings. The van der Waals surface area contributed by atoms with Crippen molar-refractivity contribution >= 4 is 39.2 Å². The van der Waals surface area contributed by atoms with E-state index >= 15 is 0 Å². The standard InChI is InChI=1S/C25H16ClF4N5O/c1-13(32-22-21-18(9-4-10-31-21)33-24(26)34-22)19-11-14-5-2-8-17(25(28,29)30)20(14)23(36)35(19)16-7-3-6-15(27)12-16/h2-13H,1H3,(H,32,33,34). The Labute approximate surface area is 206 Å². The van der Waals surface area contributed by atoms with Gasteiger partial charge in [0.1, 0.15) is 11.3 Å². The maximum atomic E-state index is 14.1. The third-order valence-electron chi connectivity index (χ3n) is 5.67. The fourth-order valence-electron chi connectivity index (χ4n) is 4.14. The van der Waals surface area contributed by atoms with Crippen LogP contribution in [0.3, 0.4) is 0 Å². The van der Waals surface area contributed by atoms with Gasteiger partial charge in [0.2, 0.25) is 5.28 Å². The van der Waals surface area contributed by atoms with Gasteiger partial charge in [0.25, 0.3) is 5.56 Å². The van der Waals surface area contributed by atoms with Crippen molar-refractivity contribution in [2.45, 2.75) is 19.1 Å². The first kappa shape index (κ1) is 23.7. The van der Waals surface area contributed by atoms with Crippen molar-refractivity contribution in [1.82, 2.24) is 19.5 Å². The van der Waals surface area contributed by atoms with Crippen molar-refractivity contribution in [3.05, 3.63) is 99.6 Å². The highest BCUT2D eigenvalue weighted by atomic mass is 35.5. The fraction of sp³-hybridized carbons (Fsp3) is 0.120. The average molecular weight is 514 g/mol. The summed E-state index contributed by atoms with van der Waals surface area (Å²) >= 11 is 6.07. The van der Waals surface area contributed by atoms with Crippen LogP contribution in [0.4, 0.5) is 23.4 Å². The van der Waals surface area contributed by atoms with Crippen LogP contribution >= 0.6 is 11.6 Å². The number of fused-ring (bicyclic) bond motifs is 2. The molecular weight excluding hydrogens is 498 g/mol. The predicted octanol–water partition coefficient (Wildman–Crippen LogP) is 6.31. The van der Waals surface area contributed by atoms with Crippen LogP contribution in [0.5, 0.6) is 0 Å². The van der Waals surface area contributed by atoms with Crippen LogP contribution in [0.1, 0.15) is 24.2 Å². The number of benzene rings is 2. The van der Waals surface area contributed by atoms with E-state index in [9.17, 15) is 22.4 Å². The van der Waals surface area contributed by atoms with Crippen molar-refractivity contribution in [2.75, 3.05) is 5.32 Å². The zero-order valence-electron chi connectivity index (χ0n) is 18.5. The zero-order chi connectivity index (χ0) is 25.6. The van der Waals surface area contributed by atoms with Gasteiger partial charge in [0, 0.05) is 11.9 Å². The van der Waals surface area contributed by atoms with Gasteiger partial charge in [0.15, 0.2) is 5.82 Å². The van der Waals surface area contributed by atoms with Gasteiger partial charge in [-0.05, 0) is 66.4 Å². The lowest BCUT2D eigenvalue weighted by Gasteiger charge is -2.22. The van der Waals surface area contributed by atoms with Gasteiger partial charge in [-0.25, -0.2) is 9.37 Å². The molecule has 182 valence electrons. The van der Waals surface area contributed by atoms with E-state index in [0.29, 0.717) is 11.0 Å². The smallest absolute Gasteiger partial charge is 0.360 e. The highest BCUT2D eigenvalue weighted by Crippen LogP contribution is 2.35. The van der Waals surface area contributed by atoms with E-state index in [-0.39, 0.29) is 27.9 Å². The lowest BCUT2D eigenvalue weighted by atomic mass is 10.0. The molecule has 3 heterocycles. The lowest BCUT2D eigenvalue weighted by Crippen LogP contribution is -2.27. The van der Waals surface area contributed by atoms with E-state index in [2.05, 4.69) is 20.3 Å². The van der Waals surface area contributed by atoms with E-state index in [0.717, 1.165) is 16.7 Å². The molecular formula is C25H16ClF4N5O. The minimum atomic E-state index is -4.76. The summed E-state index contributed by atoms with van der Waals surface area (Å²) in [6, 6.07) is 12.7. The van der Waals surface area contributed by atoms with E-state index in [1.807, 2.05) is 0 Å². The number of nitrogens with one attached hydrogen (secondary N) is 1. The summed E-state index contributed by atoms with van der Waals surface area (Å²) in [5.41, 5.74) is -0.766. The number of aromatic nitrogens is 4. The van der Waals surface area contributed by atoms with Crippen LogP contribution in [0.25, 0.3) is 27.5 Å². The quantitative estimate of drug-likeness (QED) is 0.225. The summed E-state index contributed by atoms with van der Waals surface area (Å²) in [7, 11) is 0. The van der Waals surface area contributed by atoms with Crippen molar-refractivity contribution in [3.8, 4) is 5.69 Å². The largest absolute Gasteiger partial charge is 0.417 e. The van der Waals surface area contributed by atoms with E-state index in [1.165, 1.54) is 36.4 Å². The van der Waals surface area contributed by atoms with Crippen molar-refractivity contribution in [3.63, 3.8) is 0 Å². The molecule has 0 amide bonds. The van der Waals surface area contributed by atoms with E-state index in [1.54, 1.807) is 25.3 Å². The molecule has 0 bridgehead atoms. The molecule has 0 spiro atoms. The number of pyridine rings is 2. The van der Waals surface area contributed by atoms with Crippen molar-refractivity contribution in [1.29, 1.82) is 0 Å². The number of rotatable bonds is 4. The van der Waals surface area contributed by atoms with Crippen LogP contribution in [0.15, 0.2) is 71.7 Å². The highest BCUT2D eigenvalue weighted by Gasteiger charge is 2.34. The summed E-state index contributed by atoms with van der Waals surface area (Å²) < 4.78 is 56.5. The summed E-state index contributed by atoms with van der Waals surface area (Å²) in [4.78, 5) is 26.2. The second-order valence-electron chi connectivity index (χ2n) is 8.04. The van der Waals surface area contributed by atoms with Crippen LogP contribution in [0, 0.1) is 5.82 Å². The predicted molar refractivity (Wildman–Crippen MR) is 129 cm³/mol. The number of alkyl halides is 3. The lowest BCUT2D eigenvalue weighted by molar-refractivity contribution is -0.136. The Balaban J connectivity index is 1.76. The Morgan fingerprint density at radius 1 is 1.03 bits per heavy atom. The van der Waals surface area contributed by atoms with Crippen LogP contribution in [0.2, 0.25) is 5.28 Å². The monoisotopic (exact) mass is 513 g/mol. The van der Waals surface area contributed by atoms with Gasteiger partial charge < -0.3 is 5.32 Å². The van der Waals surface area contributed by atoms with Gasteiger partial charge >= 0.3 is 6.18 Å². The molecule has 1 unspecified atom stereocenters. The number of nitrogens with zero attached hydrogens (tertiary/aromatic N) is 4. The summed E-state index contributed by atoms with van der Waals surface area (Å²) in [6.45, 7) is 1.69. The van der Waals surface area contributed by atoms with Crippen molar-refractivity contribution in [2.24, 2.45) is 0 Å². The molecule has 5 rings (SSSR count). The molecule has 2 aromatic carbocycles. The van der Waals surface area contributed by atoms with Gasteiger partial charge in [-0.2, -0.15) is 18.2 Å². The summed E-state index contributed by atoms with van der Waals surface area (Å²) in [6.07, 6.45) is -3.21. The molecule has 11 heteroatoms. The molecule has 1 N–H and O–H groups in total. The summed E-state index contributed by atoms with van der Waals surface area (Å²) in [5.74, 6) is -0.381. The molecule has 0 aliphatic carbocycles. The molecule has 0 saturated heterocycles. The van der Waals surface area contributed by atoms with Crippen LogP contribution in [-0.2, 0) is 6.18 Å². The van der Waals surface area contributed by atoms with Crippen LogP contribution in [-0.4, -0.2) is 19.5 Å². The maximum Gasteiger partial charge on any atom is 0.417 e. The Hall–Kier alpha value is -4.05. The molecule has 36 heavy (non-hydrogen) atoms. The van der Waals surface area contributed by atoms with Crippen molar-refractivity contribution < 1.29 is 17.6 Å². The minimum absolute atomic E-state index is 0.0407. The molecule has 0 radical (unpaired) electrons. The molecule has 6 nitrogen and oxygen atoms in total. The Morgan fingerprint density at radius 3 is 2.56 bits per heavy atom. The fourth-order valence-corrected chi connectivity index (χ4v) is 4.31. The molecule has 0 aliphatic heterocycles. The van der Waals surface area contributed by atoms with Crippen LogP contribution < -0.4 is 10.9 Å². The normalized spacial score (nSPS) is 12.7. The third kappa shape index (κ3) is 4.24. The molecule has 1 atom stereocenters. The third-order valence-corrected chi connectivity index (χ3v) is 5.84. The number of hydrogen-bond donors (Lipinski definition) is 1. The van der Waals surface area contributed by atoms with Gasteiger partial charge in [-0.15, -0.1) is 0 Å². The summed E-state index contributed by atoms with van der Waals surface area (Å²) in [5, 5.41) is 2.67. The maximum absolute atomic E-state index is 14.1. The number of hydrogen-bond acceptors (Lipinski definition) is 5. The SMILES string of the molecule is CC(Nc1nc(Cl)nc2cccnc12)c1cc2cccc(C(F)(F)F)c2c(=O)n1-c1cccc(F)c1. The molecule has 0 saturated carbocycles. The Kier molecular flexibility index (Phi) is 5.83. The van der Waals surface area contributed by atoms with E-state index in [4.69, 9.17) is 11.6 Å². The minimum Gasteiger partial charge on any atom is -0.360 e. The second kappa shape index (κ2) is 8.87. The topological polar surface area (TPSA) is 72.7 Å².